The van der Waals surface area contributed by atoms with Crippen LogP contribution in [0.5, 0.6) is 5.75 Å². The first kappa shape index (κ1) is 15.5. The third-order valence-corrected chi connectivity index (χ3v) is 2.46. The molecular weight excluding hydrogens is 260 g/mol. The lowest BCUT2D eigenvalue weighted by atomic mass is 10.2. The maximum absolute atomic E-state index is 11.6. The highest BCUT2D eigenvalue weighted by Gasteiger charge is 2.12. The molecule has 0 fully saturated rings. The Morgan fingerprint density at radius 2 is 2.00 bits per heavy atom. The van der Waals surface area contributed by atoms with E-state index < -0.39 is 0 Å². The van der Waals surface area contributed by atoms with Crippen LogP contribution in [0.15, 0.2) is 24.3 Å². The number of methoxy groups -OCH3 is 1. The Labute approximate surface area is 117 Å². The lowest BCUT2D eigenvalue weighted by Crippen LogP contribution is -2.37. The van der Waals surface area contributed by atoms with Crippen LogP contribution in [-0.2, 0) is 14.3 Å². The number of nitriles is 1. The quantitative estimate of drug-likeness (QED) is 0.783. The second-order valence-electron chi connectivity index (χ2n) is 4.17. The molecule has 1 N–H and O–H groups in total. The molecule has 1 rings (SSSR count). The van der Waals surface area contributed by atoms with E-state index in [1.807, 2.05) is 6.07 Å². The van der Waals surface area contributed by atoms with Gasteiger partial charge in [0.15, 0.2) is 6.61 Å². The first-order valence-electron chi connectivity index (χ1n) is 6.04. The van der Waals surface area contributed by atoms with Crippen LogP contribution in [-0.4, -0.2) is 31.6 Å². The van der Waals surface area contributed by atoms with Crippen molar-refractivity contribution in [1.29, 1.82) is 5.26 Å². The molecule has 6 heteroatoms. The normalized spacial score (nSPS) is 11.1. The molecule has 0 saturated carbocycles. The van der Waals surface area contributed by atoms with Gasteiger partial charge in [-0.2, -0.15) is 5.26 Å². The van der Waals surface area contributed by atoms with Crippen molar-refractivity contribution in [1.82, 2.24) is 5.32 Å². The molecular formula is C14H16N2O4. The van der Waals surface area contributed by atoms with Crippen LogP contribution in [0.2, 0.25) is 0 Å². The minimum atomic E-state index is -0.384. The van der Waals surface area contributed by atoms with Gasteiger partial charge in [-0.25, -0.2) is 0 Å². The highest BCUT2D eigenvalue weighted by molar-refractivity contribution is 5.79. The average molecular weight is 276 g/mol. The zero-order valence-electron chi connectivity index (χ0n) is 11.4. The molecule has 0 spiro atoms. The Morgan fingerprint density at radius 3 is 2.55 bits per heavy atom. The highest BCUT2D eigenvalue weighted by atomic mass is 16.5. The fourth-order valence-electron chi connectivity index (χ4n) is 1.48. The average Bonchev–Trinajstić information content (AvgIpc) is 2.45. The largest absolute Gasteiger partial charge is 0.484 e. The SMILES string of the molecule is COC(=O)CC(C)NC(=O)COc1ccc(C#N)cc1. The molecule has 0 aromatic heterocycles. The number of ether oxygens (including phenoxy) is 2. The number of benzene rings is 1. The van der Waals surface area contributed by atoms with Crippen LogP contribution in [0.3, 0.4) is 0 Å². The second-order valence-corrected chi connectivity index (χ2v) is 4.17. The van der Waals surface area contributed by atoms with Gasteiger partial charge in [0, 0.05) is 6.04 Å². The van der Waals surface area contributed by atoms with Crippen LogP contribution < -0.4 is 10.1 Å². The number of hydrogen-bond donors (Lipinski definition) is 1. The summed E-state index contributed by atoms with van der Waals surface area (Å²) in [5.74, 6) is -0.212. The molecule has 1 unspecified atom stereocenters. The molecule has 106 valence electrons. The fourth-order valence-corrected chi connectivity index (χ4v) is 1.48. The first-order valence-corrected chi connectivity index (χ1v) is 6.04. The molecule has 0 bridgehead atoms. The molecule has 0 aliphatic heterocycles. The number of carbonyl (C=O) groups is 2. The van der Waals surface area contributed by atoms with Gasteiger partial charge in [-0.15, -0.1) is 0 Å². The third kappa shape index (κ3) is 5.40. The van der Waals surface area contributed by atoms with Crippen molar-refractivity contribution in [3.63, 3.8) is 0 Å². The summed E-state index contributed by atoms with van der Waals surface area (Å²) < 4.78 is 9.77. The van der Waals surface area contributed by atoms with Gasteiger partial charge in [-0.1, -0.05) is 0 Å². The summed E-state index contributed by atoms with van der Waals surface area (Å²) in [6.07, 6.45) is 0.110. The molecule has 20 heavy (non-hydrogen) atoms. The lowest BCUT2D eigenvalue weighted by molar-refractivity contribution is -0.141. The molecule has 1 aromatic carbocycles. The second kappa shape index (κ2) is 7.79. The van der Waals surface area contributed by atoms with Crippen LogP contribution >= 0.6 is 0 Å². The lowest BCUT2D eigenvalue weighted by Gasteiger charge is -2.13. The summed E-state index contributed by atoms with van der Waals surface area (Å²) in [5.41, 5.74) is 0.522. The molecule has 0 aliphatic rings. The molecule has 0 heterocycles. The summed E-state index contributed by atoms with van der Waals surface area (Å²) in [6, 6.07) is 8.11. The Kier molecular flexibility index (Phi) is 6.04. The molecule has 1 atom stereocenters. The van der Waals surface area contributed by atoms with E-state index in [4.69, 9.17) is 10.00 Å². The minimum Gasteiger partial charge on any atom is -0.484 e. The van der Waals surface area contributed by atoms with Crippen molar-refractivity contribution in [2.75, 3.05) is 13.7 Å². The Hall–Kier alpha value is -2.55. The van der Waals surface area contributed by atoms with Crippen molar-refractivity contribution >= 4 is 11.9 Å². The van der Waals surface area contributed by atoms with Gasteiger partial charge >= 0.3 is 5.97 Å². The zero-order chi connectivity index (χ0) is 15.0. The van der Waals surface area contributed by atoms with E-state index in [1.165, 1.54) is 7.11 Å². The monoisotopic (exact) mass is 276 g/mol. The van der Waals surface area contributed by atoms with Crippen molar-refractivity contribution in [3.8, 4) is 11.8 Å². The predicted octanol–water partition coefficient (Wildman–Crippen LogP) is 1.00. The van der Waals surface area contributed by atoms with Crippen molar-refractivity contribution in [3.05, 3.63) is 29.8 Å². The van der Waals surface area contributed by atoms with Crippen molar-refractivity contribution < 1.29 is 19.1 Å². The highest BCUT2D eigenvalue weighted by Crippen LogP contribution is 2.11. The van der Waals surface area contributed by atoms with Crippen LogP contribution in [0.4, 0.5) is 0 Å². The van der Waals surface area contributed by atoms with Gasteiger partial charge < -0.3 is 14.8 Å². The van der Waals surface area contributed by atoms with E-state index in [-0.39, 0.29) is 30.9 Å². The van der Waals surface area contributed by atoms with E-state index in [1.54, 1.807) is 31.2 Å². The minimum absolute atomic E-state index is 0.110. The Morgan fingerprint density at radius 1 is 1.35 bits per heavy atom. The van der Waals surface area contributed by atoms with E-state index >= 15 is 0 Å². The molecule has 1 amide bonds. The van der Waals surface area contributed by atoms with Crippen LogP contribution in [0.25, 0.3) is 0 Å². The fraction of sp³-hybridized carbons (Fsp3) is 0.357. The van der Waals surface area contributed by atoms with Crippen LogP contribution in [0.1, 0.15) is 18.9 Å². The van der Waals surface area contributed by atoms with Crippen LogP contribution in [0, 0.1) is 11.3 Å². The van der Waals surface area contributed by atoms with E-state index in [2.05, 4.69) is 10.1 Å². The number of rotatable bonds is 6. The molecule has 0 aliphatic carbocycles. The van der Waals surface area contributed by atoms with Gasteiger partial charge in [0.1, 0.15) is 5.75 Å². The Bertz CT molecular complexity index is 505. The van der Waals surface area contributed by atoms with E-state index in [0.717, 1.165) is 0 Å². The molecule has 0 saturated heterocycles. The first-order chi connectivity index (χ1) is 9.55. The predicted molar refractivity (Wildman–Crippen MR) is 70.9 cm³/mol. The summed E-state index contributed by atoms with van der Waals surface area (Å²) in [7, 11) is 1.30. The standard InChI is InChI=1S/C14H16N2O4/c1-10(7-14(18)19-2)16-13(17)9-20-12-5-3-11(8-15)4-6-12/h3-6,10H,7,9H2,1-2H3,(H,16,17). The zero-order valence-corrected chi connectivity index (χ0v) is 11.4. The maximum Gasteiger partial charge on any atom is 0.307 e. The molecule has 6 nitrogen and oxygen atoms in total. The third-order valence-electron chi connectivity index (χ3n) is 2.46. The van der Waals surface area contributed by atoms with E-state index in [0.29, 0.717) is 11.3 Å². The number of amides is 1. The smallest absolute Gasteiger partial charge is 0.307 e. The van der Waals surface area contributed by atoms with Crippen molar-refractivity contribution in [2.45, 2.75) is 19.4 Å². The molecule has 0 radical (unpaired) electrons. The Balaban J connectivity index is 2.35. The number of hydrogen-bond acceptors (Lipinski definition) is 5. The number of esters is 1. The topological polar surface area (TPSA) is 88.4 Å². The van der Waals surface area contributed by atoms with E-state index in [9.17, 15) is 9.59 Å². The molecule has 1 aromatic rings. The van der Waals surface area contributed by atoms with Gasteiger partial charge in [-0.05, 0) is 31.2 Å². The summed E-state index contributed by atoms with van der Waals surface area (Å²) in [6.45, 7) is 1.55. The number of nitrogens with zero attached hydrogens (tertiary/aromatic N) is 1. The number of carbonyl (C=O) groups excluding carboxylic acids is 2. The summed E-state index contributed by atoms with van der Waals surface area (Å²) >= 11 is 0. The maximum atomic E-state index is 11.6. The van der Waals surface area contributed by atoms with Gasteiger partial charge in [0.2, 0.25) is 0 Å². The number of nitrogens with one attached hydrogen (secondary N) is 1. The summed E-state index contributed by atoms with van der Waals surface area (Å²) in [4.78, 5) is 22.6. The van der Waals surface area contributed by atoms with Crippen molar-refractivity contribution in [2.24, 2.45) is 0 Å². The van der Waals surface area contributed by atoms with Gasteiger partial charge in [0.25, 0.3) is 5.91 Å². The van der Waals surface area contributed by atoms with Gasteiger partial charge in [-0.3, -0.25) is 9.59 Å². The van der Waals surface area contributed by atoms with Gasteiger partial charge in [0.05, 0.1) is 25.2 Å². The summed E-state index contributed by atoms with van der Waals surface area (Å²) in [5, 5.41) is 11.3.